The fourth-order valence-corrected chi connectivity index (χ4v) is 2.19. The van der Waals surface area contributed by atoms with Crippen LogP contribution >= 0.6 is 0 Å². The summed E-state index contributed by atoms with van der Waals surface area (Å²) in [7, 11) is 1.68. The quantitative estimate of drug-likeness (QED) is 0.910. The number of methoxy groups -OCH3 is 1. The van der Waals surface area contributed by atoms with E-state index in [2.05, 4.69) is 43.7 Å². The van der Waals surface area contributed by atoms with Crippen LogP contribution in [0.5, 0.6) is 5.75 Å². The first kappa shape index (κ1) is 14.3. The number of hydrogen-bond acceptors (Lipinski definition) is 4. The van der Waals surface area contributed by atoms with Crippen LogP contribution in [-0.4, -0.2) is 17.1 Å². The highest BCUT2D eigenvalue weighted by molar-refractivity contribution is 5.69. The summed E-state index contributed by atoms with van der Waals surface area (Å²) in [5.41, 5.74) is 9.39. The van der Waals surface area contributed by atoms with Crippen molar-refractivity contribution in [1.29, 1.82) is 0 Å². The van der Waals surface area contributed by atoms with Gasteiger partial charge in [-0.2, -0.15) is 0 Å². The van der Waals surface area contributed by atoms with Crippen LogP contribution in [0.25, 0.3) is 11.4 Å². The van der Waals surface area contributed by atoms with Crippen LogP contribution in [-0.2, 0) is 5.41 Å². The van der Waals surface area contributed by atoms with Crippen molar-refractivity contribution in [2.24, 2.45) is 0 Å². The fraction of sp³-hybridized carbons (Fsp3) is 0.375. The molecule has 1 aromatic carbocycles. The second-order valence-corrected chi connectivity index (χ2v) is 5.98. The number of aromatic nitrogens is 2. The molecule has 2 N–H and O–H groups in total. The zero-order valence-electron chi connectivity index (χ0n) is 12.7. The molecular weight excluding hydrogens is 250 g/mol. The van der Waals surface area contributed by atoms with Crippen LogP contribution in [0.3, 0.4) is 0 Å². The number of aryl methyl sites for hydroxylation is 1. The third-order valence-corrected chi connectivity index (χ3v) is 3.16. The maximum absolute atomic E-state index is 5.65. The van der Waals surface area contributed by atoms with E-state index in [0.29, 0.717) is 11.5 Å². The average Bonchev–Trinajstić information content (AvgIpc) is 2.37. The van der Waals surface area contributed by atoms with Gasteiger partial charge in [-0.25, -0.2) is 9.97 Å². The van der Waals surface area contributed by atoms with E-state index < -0.39 is 0 Å². The molecule has 0 radical (unpaired) electrons. The van der Waals surface area contributed by atoms with Crippen LogP contribution in [0.4, 0.5) is 5.69 Å². The van der Waals surface area contributed by atoms with Crippen LogP contribution in [0.15, 0.2) is 24.5 Å². The number of anilines is 1. The lowest BCUT2D eigenvalue weighted by atomic mass is 9.84. The van der Waals surface area contributed by atoms with Crippen LogP contribution in [0.2, 0.25) is 0 Å². The van der Waals surface area contributed by atoms with Gasteiger partial charge in [-0.15, -0.1) is 0 Å². The predicted octanol–water partition coefficient (Wildman–Crippen LogP) is 3.34. The summed E-state index contributed by atoms with van der Waals surface area (Å²) in [6, 6.07) is 4.19. The molecule has 0 spiro atoms. The number of ether oxygens (including phenoxy) is 1. The zero-order valence-corrected chi connectivity index (χ0v) is 12.7. The smallest absolute Gasteiger partial charge is 0.163 e. The lowest BCUT2D eigenvalue weighted by molar-refractivity contribution is 0.399. The van der Waals surface area contributed by atoms with Gasteiger partial charge in [0.2, 0.25) is 0 Å². The van der Waals surface area contributed by atoms with Crippen molar-refractivity contribution in [2.75, 3.05) is 12.8 Å². The van der Waals surface area contributed by atoms with Gasteiger partial charge in [0.15, 0.2) is 5.82 Å². The molecule has 0 aliphatic heterocycles. The molecule has 0 amide bonds. The van der Waals surface area contributed by atoms with Crippen molar-refractivity contribution in [3.05, 3.63) is 35.7 Å². The standard InChI is InChI=1S/C16H21N3O/c1-10-6-12(15-18-8-11(17)9-19-15)14(20-5)13(7-10)16(2,3)4/h6-9H,17H2,1-5H3. The molecule has 106 valence electrons. The summed E-state index contributed by atoms with van der Waals surface area (Å²) in [6.45, 7) is 8.56. The summed E-state index contributed by atoms with van der Waals surface area (Å²) < 4.78 is 5.63. The highest BCUT2D eigenvalue weighted by atomic mass is 16.5. The molecule has 0 aliphatic carbocycles. The van der Waals surface area contributed by atoms with Gasteiger partial charge < -0.3 is 10.5 Å². The van der Waals surface area contributed by atoms with Crippen LogP contribution in [0, 0.1) is 6.92 Å². The first-order valence-corrected chi connectivity index (χ1v) is 6.60. The van der Waals surface area contributed by atoms with E-state index in [1.54, 1.807) is 19.5 Å². The lowest BCUT2D eigenvalue weighted by Crippen LogP contribution is -2.14. The molecule has 0 saturated carbocycles. The number of nitrogens with zero attached hydrogens (tertiary/aromatic N) is 2. The molecule has 0 bridgehead atoms. The Kier molecular flexibility index (Phi) is 3.66. The van der Waals surface area contributed by atoms with E-state index >= 15 is 0 Å². The van der Waals surface area contributed by atoms with Gasteiger partial charge in [0.25, 0.3) is 0 Å². The van der Waals surface area contributed by atoms with E-state index in [9.17, 15) is 0 Å². The Hall–Kier alpha value is -2.10. The predicted molar refractivity (Wildman–Crippen MR) is 81.9 cm³/mol. The average molecular weight is 271 g/mol. The summed E-state index contributed by atoms with van der Waals surface area (Å²) in [5, 5.41) is 0. The molecule has 4 nitrogen and oxygen atoms in total. The molecule has 20 heavy (non-hydrogen) atoms. The molecule has 0 saturated heterocycles. The maximum Gasteiger partial charge on any atom is 0.163 e. The van der Waals surface area contributed by atoms with Crippen LogP contribution in [0.1, 0.15) is 31.9 Å². The van der Waals surface area contributed by atoms with Gasteiger partial charge in [-0.3, -0.25) is 0 Å². The van der Waals surface area contributed by atoms with E-state index in [4.69, 9.17) is 10.5 Å². The highest BCUT2D eigenvalue weighted by Gasteiger charge is 2.23. The monoisotopic (exact) mass is 271 g/mol. The zero-order chi connectivity index (χ0) is 14.9. The Morgan fingerprint density at radius 2 is 1.70 bits per heavy atom. The summed E-state index contributed by atoms with van der Waals surface area (Å²) in [5.74, 6) is 1.46. The molecule has 1 aromatic heterocycles. The van der Waals surface area contributed by atoms with Crippen molar-refractivity contribution < 1.29 is 4.74 Å². The maximum atomic E-state index is 5.65. The molecule has 1 heterocycles. The third-order valence-electron chi connectivity index (χ3n) is 3.16. The van der Waals surface area contributed by atoms with Gasteiger partial charge in [-0.1, -0.05) is 26.8 Å². The third kappa shape index (κ3) is 2.74. The Bertz CT molecular complexity index is 613. The second kappa shape index (κ2) is 5.12. The molecule has 2 rings (SSSR count). The van der Waals surface area contributed by atoms with Gasteiger partial charge in [0.1, 0.15) is 5.75 Å². The van der Waals surface area contributed by atoms with Crippen molar-refractivity contribution >= 4 is 5.69 Å². The normalized spacial score (nSPS) is 11.4. The van der Waals surface area contributed by atoms with Gasteiger partial charge in [0.05, 0.1) is 30.8 Å². The van der Waals surface area contributed by atoms with E-state index in [-0.39, 0.29) is 5.41 Å². The number of rotatable bonds is 2. The Morgan fingerprint density at radius 3 is 2.20 bits per heavy atom. The minimum Gasteiger partial charge on any atom is -0.496 e. The van der Waals surface area contributed by atoms with Gasteiger partial charge in [-0.05, 0) is 24.0 Å². The van der Waals surface area contributed by atoms with Gasteiger partial charge in [0, 0.05) is 5.56 Å². The SMILES string of the molecule is COc1c(-c2ncc(N)cn2)cc(C)cc1C(C)(C)C. The van der Waals surface area contributed by atoms with Crippen molar-refractivity contribution in [3.8, 4) is 17.1 Å². The highest BCUT2D eigenvalue weighted by Crippen LogP contribution is 2.39. The topological polar surface area (TPSA) is 61.0 Å². The summed E-state index contributed by atoms with van der Waals surface area (Å²) >= 11 is 0. The second-order valence-electron chi connectivity index (χ2n) is 5.98. The number of hydrogen-bond donors (Lipinski definition) is 1. The molecular formula is C16H21N3O. The van der Waals surface area contributed by atoms with Crippen molar-refractivity contribution in [2.45, 2.75) is 33.1 Å². The molecule has 4 heteroatoms. The van der Waals surface area contributed by atoms with Gasteiger partial charge >= 0.3 is 0 Å². The lowest BCUT2D eigenvalue weighted by Gasteiger charge is -2.24. The minimum atomic E-state index is -0.0140. The molecule has 2 aromatic rings. The molecule has 0 aliphatic rings. The Balaban J connectivity index is 2.69. The summed E-state index contributed by atoms with van der Waals surface area (Å²) in [6.07, 6.45) is 3.22. The van der Waals surface area contributed by atoms with Crippen molar-refractivity contribution in [1.82, 2.24) is 9.97 Å². The fourth-order valence-electron chi connectivity index (χ4n) is 2.19. The summed E-state index contributed by atoms with van der Waals surface area (Å²) in [4.78, 5) is 8.61. The Labute approximate surface area is 120 Å². The Morgan fingerprint density at radius 1 is 1.10 bits per heavy atom. The first-order chi connectivity index (χ1) is 9.32. The number of nitrogen functional groups attached to an aromatic ring is 1. The van der Waals surface area contributed by atoms with E-state index in [1.165, 1.54) is 0 Å². The molecule has 0 atom stereocenters. The van der Waals surface area contributed by atoms with E-state index in [0.717, 1.165) is 22.4 Å². The van der Waals surface area contributed by atoms with E-state index in [1.807, 2.05) is 6.07 Å². The largest absolute Gasteiger partial charge is 0.496 e. The molecule has 0 fully saturated rings. The first-order valence-electron chi connectivity index (χ1n) is 6.60. The minimum absolute atomic E-state index is 0.0140. The van der Waals surface area contributed by atoms with Crippen molar-refractivity contribution in [3.63, 3.8) is 0 Å². The molecule has 0 unspecified atom stereocenters. The number of nitrogens with two attached hydrogens (primary N) is 1. The number of benzene rings is 1. The van der Waals surface area contributed by atoms with Crippen LogP contribution < -0.4 is 10.5 Å².